The van der Waals surface area contributed by atoms with E-state index in [-0.39, 0.29) is 0 Å². The number of nitrogens with two attached hydrogens (primary N) is 2. The predicted molar refractivity (Wildman–Crippen MR) is 61.7 cm³/mol. The zero-order chi connectivity index (χ0) is 11.5. The van der Waals surface area contributed by atoms with Crippen LogP contribution in [0.15, 0.2) is 22.4 Å². The maximum absolute atomic E-state index is 5.58. The van der Waals surface area contributed by atoms with Crippen molar-refractivity contribution in [3.05, 3.63) is 18.2 Å². The van der Waals surface area contributed by atoms with Crippen molar-refractivity contribution in [3.63, 3.8) is 0 Å². The lowest BCUT2D eigenvalue weighted by Crippen LogP contribution is -2.43. The monoisotopic (exact) mass is 221 g/mol. The Labute approximate surface area is 93.3 Å². The molecule has 0 aliphatic carbocycles. The number of hydrogen-bond acceptors (Lipinski definition) is 6. The summed E-state index contributed by atoms with van der Waals surface area (Å²) in [7, 11) is 0. The number of aryl methyl sites for hydroxylation is 2. The summed E-state index contributed by atoms with van der Waals surface area (Å²) in [6.07, 6.45) is 3.84. The minimum absolute atomic E-state index is 0.319. The van der Waals surface area contributed by atoms with E-state index in [0.717, 1.165) is 24.6 Å². The van der Waals surface area contributed by atoms with Crippen LogP contribution in [0.25, 0.3) is 0 Å². The van der Waals surface area contributed by atoms with E-state index in [1.54, 1.807) is 6.20 Å². The van der Waals surface area contributed by atoms with Gasteiger partial charge in [0.15, 0.2) is 12.2 Å². The van der Waals surface area contributed by atoms with Gasteiger partial charge in [-0.3, -0.25) is 5.73 Å². The maximum Gasteiger partial charge on any atom is 0.197 e. The first-order chi connectivity index (χ1) is 7.65. The molecule has 7 heteroatoms. The predicted octanol–water partition coefficient (Wildman–Crippen LogP) is -0.860. The second kappa shape index (κ2) is 4.31. The first kappa shape index (κ1) is 10.6. The molecule has 0 saturated carbocycles. The van der Waals surface area contributed by atoms with Gasteiger partial charge in [0.25, 0.3) is 0 Å². The average molecular weight is 221 g/mol. The van der Waals surface area contributed by atoms with Crippen LogP contribution in [-0.4, -0.2) is 27.6 Å². The van der Waals surface area contributed by atoms with Crippen molar-refractivity contribution in [3.8, 4) is 0 Å². The molecule has 0 amide bonds. The van der Waals surface area contributed by atoms with Gasteiger partial charge in [0.05, 0.1) is 0 Å². The molecule has 0 bridgehead atoms. The van der Waals surface area contributed by atoms with Crippen LogP contribution in [0.2, 0.25) is 0 Å². The lowest BCUT2D eigenvalue weighted by molar-refractivity contribution is 0.672. The standard InChI is InChI=1S/C9H15N7/c1-6-12-3-5-16(6)4-2-7-13-8(10)15-9(11)14-7/h3,5,8H,2,4,10H2,1H3,(H3,11,13,14,15). The van der Waals surface area contributed by atoms with Gasteiger partial charge in [0.1, 0.15) is 11.7 Å². The molecule has 2 rings (SSSR count). The van der Waals surface area contributed by atoms with Gasteiger partial charge in [-0.25, -0.2) is 15.0 Å². The minimum atomic E-state index is -0.583. The van der Waals surface area contributed by atoms with Crippen molar-refractivity contribution in [2.24, 2.45) is 21.5 Å². The Kier molecular flexibility index (Phi) is 2.86. The third kappa shape index (κ3) is 2.37. The number of amidine groups is 1. The quantitative estimate of drug-likeness (QED) is 0.617. The Hall–Kier alpha value is -1.89. The third-order valence-corrected chi connectivity index (χ3v) is 2.34. The highest BCUT2D eigenvalue weighted by molar-refractivity contribution is 6.00. The number of aromatic nitrogens is 2. The fraction of sp³-hybridized carbons (Fsp3) is 0.444. The topological polar surface area (TPSA) is 107 Å². The van der Waals surface area contributed by atoms with Crippen LogP contribution >= 0.6 is 0 Å². The smallest absolute Gasteiger partial charge is 0.197 e. The molecule has 0 aromatic carbocycles. The molecule has 5 N–H and O–H groups in total. The van der Waals surface area contributed by atoms with Crippen molar-refractivity contribution in [1.29, 1.82) is 0 Å². The molecule has 0 radical (unpaired) electrons. The van der Waals surface area contributed by atoms with Crippen LogP contribution in [0.1, 0.15) is 12.2 Å². The normalized spacial score (nSPS) is 20.0. The van der Waals surface area contributed by atoms with E-state index in [0.29, 0.717) is 5.96 Å². The number of nitrogens with one attached hydrogen (secondary N) is 1. The molecule has 7 nitrogen and oxygen atoms in total. The van der Waals surface area contributed by atoms with E-state index < -0.39 is 6.29 Å². The van der Waals surface area contributed by atoms with Crippen LogP contribution in [0.5, 0.6) is 0 Å². The lowest BCUT2D eigenvalue weighted by Gasteiger charge is -2.16. The number of rotatable bonds is 3. The van der Waals surface area contributed by atoms with Crippen molar-refractivity contribution >= 4 is 11.8 Å². The Morgan fingerprint density at radius 2 is 2.31 bits per heavy atom. The van der Waals surface area contributed by atoms with E-state index in [1.165, 1.54) is 0 Å². The lowest BCUT2D eigenvalue weighted by atomic mass is 10.3. The highest BCUT2D eigenvalue weighted by atomic mass is 15.3. The molecule has 1 aliphatic rings. The number of hydrogen-bond donors (Lipinski definition) is 3. The van der Waals surface area contributed by atoms with Crippen molar-refractivity contribution in [1.82, 2.24) is 14.9 Å². The molecule has 1 aromatic rings. The Morgan fingerprint density at radius 3 is 2.94 bits per heavy atom. The van der Waals surface area contributed by atoms with Gasteiger partial charge < -0.3 is 15.6 Å². The second-order valence-electron chi connectivity index (χ2n) is 3.55. The van der Waals surface area contributed by atoms with Crippen LogP contribution < -0.4 is 16.8 Å². The highest BCUT2D eigenvalue weighted by Crippen LogP contribution is 2.00. The zero-order valence-electron chi connectivity index (χ0n) is 9.09. The molecule has 1 atom stereocenters. The Bertz CT molecular complexity index is 431. The number of nitrogens with zero attached hydrogens (tertiary/aromatic N) is 4. The summed E-state index contributed by atoms with van der Waals surface area (Å²) in [5.74, 6) is 2.05. The van der Waals surface area contributed by atoms with Crippen LogP contribution in [0, 0.1) is 6.92 Å². The summed E-state index contributed by atoms with van der Waals surface area (Å²) < 4.78 is 2.04. The number of imidazole rings is 1. The fourth-order valence-corrected chi connectivity index (χ4v) is 1.54. The largest absolute Gasteiger partial charge is 0.370 e. The highest BCUT2D eigenvalue weighted by Gasteiger charge is 2.10. The van der Waals surface area contributed by atoms with Crippen molar-refractivity contribution in [2.45, 2.75) is 26.2 Å². The van der Waals surface area contributed by atoms with E-state index in [9.17, 15) is 0 Å². The molecule has 1 aromatic heterocycles. The van der Waals surface area contributed by atoms with Gasteiger partial charge in [-0.05, 0) is 6.92 Å². The van der Waals surface area contributed by atoms with Gasteiger partial charge in [-0.1, -0.05) is 0 Å². The van der Waals surface area contributed by atoms with Gasteiger partial charge in [0, 0.05) is 25.4 Å². The van der Waals surface area contributed by atoms with E-state index >= 15 is 0 Å². The number of aliphatic imine (C=N–C) groups is 2. The maximum atomic E-state index is 5.58. The molecular weight excluding hydrogens is 206 g/mol. The summed E-state index contributed by atoms with van der Waals surface area (Å²) in [5, 5.41) is 2.89. The van der Waals surface area contributed by atoms with Gasteiger partial charge >= 0.3 is 0 Å². The third-order valence-electron chi connectivity index (χ3n) is 2.34. The molecule has 0 saturated heterocycles. The number of guanidine groups is 1. The van der Waals surface area contributed by atoms with Crippen LogP contribution in [0.3, 0.4) is 0 Å². The van der Waals surface area contributed by atoms with E-state index in [4.69, 9.17) is 11.5 Å². The summed E-state index contributed by atoms with van der Waals surface area (Å²) in [6, 6.07) is 0. The minimum Gasteiger partial charge on any atom is -0.370 e. The van der Waals surface area contributed by atoms with Gasteiger partial charge in [-0.15, -0.1) is 0 Å². The molecule has 0 spiro atoms. The zero-order valence-corrected chi connectivity index (χ0v) is 9.09. The molecule has 16 heavy (non-hydrogen) atoms. The van der Waals surface area contributed by atoms with Gasteiger partial charge in [0.2, 0.25) is 0 Å². The SMILES string of the molecule is Cc1nccn1CCC1=NC(N)N=C(N)N1. The fourth-order valence-electron chi connectivity index (χ4n) is 1.54. The van der Waals surface area contributed by atoms with Gasteiger partial charge in [-0.2, -0.15) is 0 Å². The van der Waals surface area contributed by atoms with E-state index in [2.05, 4.69) is 20.3 Å². The van der Waals surface area contributed by atoms with Crippen molar-refractivity contribution < 1.29 is 0 Å². The Morgan fingerprint density at radius 1 is 1.50 bits per heavy atom. The molecule has 2 heterocycles. The molecule has 1 aliphatic heterocycles. The summed E-state index contributed by atoms with van der Waals surface area (Å²) in [4.78, 5) is 12.1. The Balaban J connectivity index is 1.94. The summed E-state index contributed by atoms with van der Waals surface area (Å²) in [6.45, 7) is 2.75. The molecular formula is C9H15N7. The molecule has 1 unspecified atom stereocenters. The first-order valence-electron chi connectivity index (χ1n) is 5.05. The van der Waals surface area contributed by atoms with Crippen LogP contribution in [-0.2, 0) is 6.54 Å². The first-order valence-corrected chi connectivity index (χ1v) is 5.05. The summed E-state index contributed by atoms with van der Waals surface area (Å²) in [5.41, 5.74) is 11.1. The molecule has 86 valence electrons. The summed E-state index contributed by atoms with van der Waals surface area (Å²) >= 11 is 0. The molecule has 0 fully saturated rings. The second-order valence-corrected chi connectivity index (χ2v) is 3.55. The average Bonchev–Trinajstić information content (AvgIpc) is 2.59. The van der Waals surface area contributed by atoms with E-state index in [1.807, 2.05) is 17.7 Å². The van der Waals surface area contributed by atoms with Crippen molar-refractivity contribution in [2.75, 3.05) is 0 Å². The van der Waals surface area contributed by atoms with Crippen LogP contribution in [0.4, 0.5) is 0 Å².